The molecule has 0 bridgehead atoms. The molecule has 0 amide bonds. The van der Waals surface area contributed by atoms with E-state index in [-0.39, 0.29) is 12.7 Å². The van der Waals surface area contributed by atoms with E-state index in [1.165, 1.54) is 6.07 Å². The third kappa shape index (κ3) is 3.06. The Labute approximate surface area is 133 Å². The van der Waals surface area contributed by atoms with E-state index in [2.05, 4.69) is 0 Å². The van der Waals surface area contributed by atoms with Crippen LogP contribution in [0.3, 0.4) is 0 Å². The molecule has 1 atom stereocenters. The van der Waals surface area contributed by atoms with Gasteiger partial charge in [0.05, 0.1) is 11.1 Å². The van der Waals surface area contributed by atoms with E-state index in [0.29, 0.717) is 17.5 Å². The third-order valence-corrected chi connectivity index (χ3v) is 3.65. The zero-order valence-electron chi connectivity index (χ0n) is 12.2. The molecule has 1 aliphatic heterocycles. The van der Waals surface area contributed by atoms with Gasteiger partial charge < -0.3 is 9.47 Å². The molecule has 5 nitrogen and oxygen atoms in total. The van der Waals surface area contributed by atoms with E-state index in [4.69, 9.17) is 14.7 Å². The second kappa shape index (κ2) is 6.32. The van der Waals surface area contributed by atoms with Crippen LogP contribution in [-0.4, -0.2) is 18.5 Å². The predicted molar refractivity (Wildman–Crippen MR) is 80.6 cm³/mol. The maximum absolute atomic E-state index is 12.1. The fraction of sp³-hybridized carbons (Fsp3) is 0.167. The Hall–Kier alpha value is -3.13. The van der Waals surface area contributed by atoms with Gasteiger partial charge in [0.15, 0.2) is 6.61 Å². The van der Waals surface area contributed by atoms with Crippen molar-refractivity contribution in [3.63, 3.8) is 0 Å². The highest BCUT2D eigenvalue weighted by atomic mass is 16.5. The Bertz CT molecular complexity index is 792. The normalized spacial score (nSPS) is 16.0. The van der Waals surface area contributed by atoms with Gasteiger partial charge in [0.2, 0.25) is 0 Å². The predicted octanol–water partition coefficient (Wildman–Crippen LogP) is 2.82. The van der Waals surface area contributed by atoms with Crippen molar-refractivity contribution < 1.29 is 19.1 Å². The summed E-state index contributed by atoms with van der Waals surface area (Å²) < 4.78 is 10.3. The van der Waals surface area contributed by atoms with Crippen LogP contribution in [0.15, 0.2) is 48.5 Å². The number of cyclic esters (lactones) is 1. The SMILES string of the molecule is N#CCOC(=O)c1ccc2c(c1)C[C@@H](c1ccccc1)OC2=O. The van der Waals surface area contributed by atoms with E-state index in [9.17, 15) is 9.59 Å². The lowest BCUT2D eigenvalue weighted by Crippen LogP contribution is -2.22. The zero-order valence-corrected chi connectivity index (χ0v) is 12.2. The van der Waals surface area contributed by atoms with Crippen molar-refractivity contribution in [2.24, 2.45) is 0 Å². The second-order valence-corrected chi connectivity index (χ2v) is 5.11. The van der Waals surface area contributed by atoms with Crippen LogP contribution >= 0.6 is 0 Å². The molecule has 1 aliphatic rings. The van der Waals surface area contributed by atoms with Crippen LogP contribution in [0.25, 0.3) is 0 Å². The summed E-state index contributed by atoms with van der Waals surface area (Å²) in [6.07, 6.45) is 0.117. The molecule has 1 heterocycles. The molecule has 5 heteroatoms. The molecule has 0 radical (unpaired) electrons. The number of carbonyl (C=O) groups is 2. The molecule has 0 N–H and O–H groups in total. The van der Waals surface area contributed by atoms with Gasteiger partial charge in [-0.1, -0.05) is 30.3 Å². The molecule has 0 saturated heterocycles. The molecule has 0 aromatic heterocycles. The second-order valence-electron chi connectivity index (χ2n) is 5.11. The first-order valence-electron chi connectivity index (χ1n) is 7.12. The van der Waals surface area contributed by atoms with E-state index >= 15 is 0 Å². The maximum atomic E-state index is 12.1. The van der Waals surface area contributed by atoms with Gasteiger partial charge in [-0.3, -0.25) is 0 Å². The zero-order chi connectivity index (χ0) is 16.2. The number of ether oxygens (including phenoxy) is 2. The van der Waals surface area contributed by atoms with Crippen molar-refractivity contribution >= 4 is 11.9 Å². The minimum atomic E-state index is -0.579. The molecule has 0 spiro atoms. The van der Waals surface area contributed by atoms with Gasteiger partial charge in [-0.2, -0.15) is 5.26 Å². The summed E-state index contributed by atoms with van der Waals surface area (Å²) in [4.78, 5) is 24.0. The summed E-state index contributed by atoms with van der Waals surface area (Å²) in [5.74, 6) is -0.985. The van der Waals surface area contributed by atoms with Gasteiger partial charge in [-0.25, -0.2) is 9.59 Å². The number of nitrogens with zero attached hydrogens (tertiary/aromatic N) is 1. The monoisotopic (exact) mass is 307 g/mol. The molecule has 0 aliphatic carbocycles. The fourth-order valence-corrected chi connectivity index (χ4v) is 2.56. The van der Waals surface area contributed by atoms with Crippen molar-refractivity contribution in [1.82, 2.24) is 0 Å². The molecular weight excluding hydrogens is 294 g/mol. The van der Waals surface area contributed by atoms with Gasteiger partial charge in [0.1, 0.15) is 12.2 Å². The third-order valence-electron chi connectivity index (χ3n) is 3.65. The fourth-order valence-electron chi connectivity index (χ4n) is 2.56. The Morgan fingerprint density at radius 2 is 2.04 bits per heavy atom. The number of nitriles is 1. The highest BCUT2D eigenvalue weighted by molar-refractivity contribution is 5.95. The minimum Gasteiger partial charge on any atom is -0.454 e. The van der Waals surface area contributed by atoms with Gasteiger partial charge in [-0.15, -0.1) is 0 Å². The molecule has 114 valence electrons. The van der Waals surface area contributed by atoms with Gasteiger partial charge in [0, 0.05) is 6.42 Å². The molecule has 2 aromatic rings. The van der Waals surface area contributed by atoms with E-state index in [1.807, 2.05) is 30.3 Å². The Balaban J connectivity index is 1.88. The molecule has 0 saturated carbocycles. The lowest BCUT2D eigenvalue weighted by Gasteiger charge is -2.25. The lowest BCUT2D eigenvalue weighted by atomic mass is 9.93. The van der Waals surface area contributed by atoms with Gasteiger partial charge >= 0.3 is 11.9 Å². The molecule has 3 rings (SSSR count). The number of hydrogen-bond acceptors (Lipinski definition) is 5. The smallest absolute Gasteiger partial charge is 0.339 e. The van der Waals surface area contributed by atoms with Crippen LogP contribution in [0.5, 0.6) is 0 Å². The number of esters is 2. The average molecular weight is 307 g/mol. The van der Waals surface area contributed by atoms with Crippen LogP contribution in [0.2, 0.25) is 0 Å². The first-order valence-corrected chi connectivity index (χ1v) is 7.12. The van der Waals surface area contributed by atoms with Gasteiger partial charge in [-0.05, 0) is 29.3 Å². The lowest BCUT2D eigenvalue weighted by molar-refractivity contribution is 0.0251. The summed E-state index contributed by atoms with van der Waals surface area (Å²) >= 11 is 0. The molecular formula is C18H13NO4. The van der Waals surface area contributed by atoms with Crippen molar-refractivity contribution in [2.75, 3.05) is 6.61 Å². The van der Waals surface area contributed by atoms with Crippen molar-refractivity contribution in [1.29, 1.82) is 5.26 Å². The maximum Gasteiger partial charge on any atom is 0.339 e. The van der Waals surface area contributed by atoms with Crippen LogP contribution in [-0.2, 0) is 15.9 Å². The number of hydrogen-bond donors (Lipinski definition) is 0. The largest absolute Gasteiger partial charge is 0.454 e. The van der Waals surface area contributed by atoms with Crippen LogP contribution in [0.1, 0.15) is 37.9 Å². The molecule has 0 unspecified atom stereocenters. The average Bonchev–Trinajstić information content (AvgIpc) is 2.59. The summed E-state index contributed by atoms with van der Waals surface area (Å²) in [5, 5.41) is 8.46. The van der Waals surface area contributed by atoms with Crippen LogP contribution < -0.4 is 0 Å². The number of benzene rings is 2. The van der Waals surface area contributed by atoms with Crippen molar-refractivity contribution in [2.45, 2.75) is 12.5 Å². The summed E-state index contributed by atoms with van der Waals surface area (Å²) in [6, 6.07) is 15.9. The Morgan fingerprint density at radius 3 is 2.78 bits per heavy atom. The summed E-state index contributed by atoms with van der Waals surface area (Å²) in [5.41, 5.74) is 2.42. The molecule has 23 heavy (non-hydrogen) atoms. The Kier molecular flexibility index (Phi) is 4.07. The first-order chi connectivity index (χ1) is 11.2. The number of carbonyl (C=O) groups excluding carboxylic acids is 2. The topological polar surface area (TPSA) is 76.4 Å². The van der Waals surface area contributed by atoms with Crippen molar-refractivity contribution in [3.8, 4) is 6.07 Å². The summed E-state index contributed by atoms with van der Waals surface area (Å²) in [7, 11) is 0. The van der Waals surface area contributed by atoms with Gasteiger partial charge in [0.25, 0.3) is 0 Å². The van der Waals surface area contributed by atoms with Crippen LogP contribution in [0, 0.1) is 11.3 Å². The first kappa shape index (κ1) is 14.8. The highest BCUT2D eigenvalue weighted by Gasteiger charge is 2.28. The highest BCUT2D eigenvalue weighted by Crippen LogP contribution is 2.31. The van der Waals surface area contributed by atoms with E-state index < -0.39 is 11.9 Å². The summed E-state index contributed by atoms with van der Waals surface area (Å²) in [6.45, 7) is -0.301. The molecule has 2 aromatic carbocycles. The number of fused-ring (bicyclic) bond motifs is 1. The van der Waals surface area contributed by atoms with Crippen molar-refractivity contribution in [3.05, 3.63) is 70.8 Å². The van der Waals surface area contributed by atoms with Crippen LogP contribution in [0.4, 0.5) is 0 Å². The molecule has 0 fully saturated rings. The minimum absolute atomic E-state index is 0.301. The van der Waals surface area contributed by atoms with E-state index in [0.717, 1.165) is 11.1 Å². The standard InChI is InChI=1S/C18H13NO4/c19-8-9-22-17(20)13-6-7-15-14(10-13)11-16(23-18(15)21)12-4-2-1-3-5-12/h1-7,10,16H,9,11H2/t16-/m0/s1. The van der Waals surface area contributed by atoms with E-state index in [1.54, 1.807) is 18.2 Å². The quantitative estimate of drug-likeness (QED) is 0.815. The Morgan fingerprint density at radius 1 is 1.26 bits per heavy atom. The number of rotatable bonds is 3.